The van der Waals surface area contributed by atoms with Gasteiger partial charge >= 0.3 is 5.97 Å². The molecule has 1 heterocycles. The summed E-state index contributed by atoms with van der Waals surface area (Å²) in [4.78, 5) is 24.5. The SMILES string of the molecule is CCN(C)C(=O)C(C)Nc1snc(C)c1C(=O)O. The molecule has 0 fully saturated rings. The molecule has 0 spiro atoms. The minimum atomic E-state index is -1.03. The van der Waals surface area contributed by atoms with E-state index in [1.807, 2.05) is 6.92 Å². The largest absolute Gasteiger partial charge is 0.478 e. The zero-order chi connectivity index (χ0) is 13.9. The molecule has 1 amide bonds. The van der Waals surface area contributed by atoms with Crippen molar-refractivity contribution in [3.8, 4) is 0 Å². The van der Waals surface area contributed by atoms with Gasteiger partial charge in [0, 0.05) is 13.6 Å². The van der Waals surface area contributed by atoms with Gasteiger partial charge in [0.05, 0.1) is 5.69 Å². The maximum absolute atomic E-state index is 11.9. The normalized spacial score (nSPS) is 12.0. The Balaban J connectivity index is 2.85. The molecule has 1 rings (SSSR count). The minimum absolute atomic E-state index is 0.0834. The van der Waals surface area contributed by atoms with Crippen LogP contribution in [-0.2, 0) is 4.79 Å². The summed E-state index contributed by atoms with van der Waals surface area (Å²) < 4.78 is 3.99. The Morgan fingerprint density at radius 1 is 1.56 bits per heavy atom. The van der Waals surface area contributed by atoms with E-state index in [2.05, 4.69) is 9.69 Å². The van der Waals surface area contributed by atoms with E-state index in [1.54, 1.807) is 25.8 Å². The zero-order valence-corrected chi connectivity index (χ0v) is 11.7. The van der Waals surface area contributed by atoms with E-state index in [1.165, 1.54) is 0 Å². The molecule has 0 aliphatic rings. The van der Waals surface area contributed by atoms with Crippen LogP contribution in [0.1, 0.15) is 29.9 Å². The molecule has 0 saturated carbocycles. The average Bonchev–Trinajstić information content (AvgIpc) is 2.68. The number of carbonyl (C=O) groups is 2. The van der Waals surface area contributed by atoms with Crippen molar-refractivity contribution in [2.45, 2.75) is 26.8 Å². The van der Waals surface area contributed by atoms with Crippen LogP contribution in [0.3, 0.4) is 0 Å². The molecule has 100 valence electrons. The van der Waals surface area contributed by atoms with Crippen molar-refractivity contribution in [1.82, 2.24) is 9.27 Å². The van der Waals surface area contributed by atoms with Gasteiger partial charge < -0.3 is 15.3 Å². The number of aromatic carboxylic acids is 1. The molecule has 0 aliphatic carbocycles. The van der Waals surface area contributed by atoms with Crippen molar-refractivity contribution >= 4 is 28.4 Å². The molecule has 18 heavy (non-hydrogen) atoms. The van der Waals surface area contributed by atoms with Gasteiger partial charge in [-0.15, -0.1) is 0 Å². The van der Waals surface area contributed by atoms with E-state index in [9.17, 15) is 9.59 Å². The second kappa shape index (κ2) is 5.81. The number of carbonyl (C=O) groups excluding carboxylic acids is 1. The summed E-state index contributed by atoms with van der Waals surface area (Å²) in [5, 5.41) is 12.4. The lowest BCUT2D eigenvalue weighted by Crippen LogP contribution is -2.38. The van der Waals surface area contributed by atoms with Crippen molar-refractivity contribution in [2.24, 2.45) is 0 Å². The molecule has 7 heteroatoms. The third-order valence-electron chi connectivity index (χ3n) is 2.65. The fourth-order valence-corrected chi connectivity index (χ4v) is 2.34. The molecule has 1 aromatic rings. The number of rotatable bonds is 5. The third kappa shape index (κ3) is 2.98. The monoisotopic (exact) mass is 271 g/mol. The molecule has 1 atom stereocenters. The van der Waals surface area contributed by atoms with Crippen LogP contribution >= 0.6 is 11.5 Å². The molecule has 0 aromatic carbocycles. The molecule has 2 N–H and O–H groups in total. The topological polar surface area (TPSA) is 82.5 Å². The van der Waals surface area contributed by atoms with Crippen LogP contribution in [0.5, 0.6) is 0 Å². The fraction of sp³-hybridized carbons (Fsp3) is 0.545. The fourth-order valence-electron chi connectivity index (χ4n) is 1.46. The Bertz CT molecular complexity index is 458. The van der Waals surface area contributed by atoms with E-state index in [0.717, 1.165) is 11.5 Å². The number of carboxylic acid groups (broad SMARTS) is 1. The number of anilines is 1. The highest BCUT2D eigenvalue weighted by molar-refractivity contribution is 7.10. The van der Waals surface area contributed by atoms with E-state index < -0.39 is 12.0 Å². The van der Waals surface area contributed by atoms with Gasteiger partial charge in [0.15, 0.2) is 0 Å². The molecular weight excluding hydrogens is 254 g/mol. The van der Waals surface area contributed by atoms with E-state index in [0.29, 0.717) is 17.2 Å². The number of hydrogen-bond donors (Lipinski definition) is 2. The number of likely N-dealkylation sites (N-methyl/N-ethyl adjacent to an activating group) is 1. The number of nitrogens with one attached hydrogen (secondary N) is 1. The maximum atomic E-state index is 11.9. The Morgan fingerprint density at radius 3 is 2.67 bits per heavy atom. The minimum Gasteiger partial charge on any atom is -0.478 e. The van der Waals surface area contributed by atoms with Crippen molar-refractivity contribution < 1.29 is 14.7 Å². The summed E-state index contributed by atoms with van der Waals surface area (Å²) in [6.07, 6.45) is 0. The van der Waals surface area contributed by atoms with Crippen LogP contribution in [0.25, 0.3) is 0 Å². The first kappa shape index (κ1) is 14.4. The van der Waals surface area contributed by atoms with Crippen LogP contribution < -0.4 is 5.32 Å². The smallest absolute Gasteiger partial charge is 0.340 e. The predicted molar refractivity (Wildman–Crippen MR) is 70.2 cm³/mol. The number of aryl methyl sites for hydroxylation is 1. The lowest BCUT2D eigenvalue weighted by molar-refractivity contribution is -0.130. The number of amides is 1. The predicted octanol–water partition coefficient (Wildman–Crippen LogP) is 1.43. The first-order chi connectivity index (χ1) is 8.38. The lowest BCUT2D eigenvalue weighted by Gasteiger charge is -2.20. The molecule has 1 unspecified atom stereocenters. The average molecular weight is 271 g/mol. The molecule has 0 radical (unpaired) electrons. The zero-order valence-electron chi connectivity index (χ0n) is 10.9. The quantitative estimate of drug-likeness (QED) is 0.846. The first-order valence-corrected chi connectivity index (χ1v) is 6.36. The first-order valence-electron chi connectivity index (χ1n) is 5.59. The molecule has 6 nitrogen and oxygen atoms in total. The van der Waals surface area contributed by atoms with Crippen molar-refractivity contribution in [3.05, 3.63) is 11.3 Å². The van der Waals surface area contributed by atoms with Crippen molar-refractivity contribution in [1.29, 1.82) is 0 Å². The highest BCUT2D eigenvalue weighted by Gasteiger charge is 2.22. The summed E-state index contributed by atoms with van der Waals surface area (Å²) in [6.45, 7) is 5.83. The van der Waals surface area contributed by atoms with E-state index in [4.69, 9.17) is 5.11 Å². The number of carboxylic acids is 1. The molecule has 0 bridgehead atoms. The number of hydrogen-bond acceptors (Lipinski definition) is 5. The Kier molecular flexibility index (Phi) is 4.66. The number of aromatic nitrogens is 1. The Hall–Kier alpha value is -1.63. The van der Waals surface area contributed by atoms with Crippen LogP contribution in [0.4, 0.5) is 5.00 Å². The molecular formula is C11H17N3O3S. The molecule has 0 aliphatic heterocycles. The van der Waals surface area contributed by atoms with Crippen LogP contribution in [-0.4, -0.2) is 45.9 Å². The Labute approximate surface area is 110 Å². The second-order valence-electron chi connectivity index (χ2n) is 4.00. The van der Waals surface area contributed by atoms with Gasteiger partial charge in [-0.05, 0) is 32.3 Å². The van der Waals surface area contributed by atoms with Gasteiger partial charge in [0.25, 0.3) is 0 Å². The highest BCUT2D eigenvalue weighted by atomic mass is 32.1. The van der Waals surface area contributed by atoms with Crippen LogP contribution in [0, 0.1) is 6.92 Å². The molecule has 1 aromatic heterocycles. The maximum Gasteiger partial charge on any atom is 0.340 e. The second-order valence-corrected chi connectivity index (χ2v) is 4.77. The summed E-state index contributed by atoms with van der Waals surface area (Å²) in [7, 11) is 1.70. The van der Waals surface area contributed by atoms with Crippen molar-refractivity contribution in [2.75, 3.05) is 18.9 Å². The van der Waals surface area contributed by atoms with Gasteiger partial charge in [-0.1, -0.05) is 0 Å². The van der Waals surface area contributed by atoms with Gasteiger partial charge in [-0.25, -0.2) is 4.79 Å². The van der Waals surface area contributed by atoms with Crippen molar-refractivity contribution in [3.63, 3.8) is 0 Å². The van der Waals surface area contributed by atoms with Gasteiger partial charge in [-0.3, -0.25) is 4.79 Å². The number of nitrogens with zero attached hydrogens (tertiary/aromatic N) is 2. The Morgan fingerprint density at radius 2 is 2.17 bits per heavy atom. The van der Waals surface area contributed by atoms with E-state index >= 15 is 0 Å². The van der Waals surface area contributed by atoms with Crippen LogP contribution in [0.15, 0.2) is 0 Å². The standard InChI is InChI=1S/C11H17N3O3S/c1-5-14(4)10(15)7(3)12-9-8(11(16)17)6(2)13-18-9/h7,12H,5H2,1-4H3,(H,16,17). The van der Waals surface area contributed by atoms with Gasteiger partial charge in [-0.2, -0.15) is 4.37 Å². The summed E-state index contributed by atoms with van der Waals surface area (Å²) >= 11 is 1.06. The third-order valence-corrected chi connectivity index (χ3v) is 3.51. The van der Waals surface area contributed by atoms with E-state index in [-0.39, 0.29) is 11.5 Å². The summed E-state index contributed by atoms with van der Waals surface area (Å²) in [5.74, 6) is -1.12. The van der Waals surface area contributed by atoms with Gasteiger partial charge in [0.2, 0.25) is 5.91 Å². The summed E-state index contributed by atoms with van der Waals surface area (Å²) in [6, 6.07) is -0.479. The lowest BCUT2D eigenvalue weighted by atomic mass is 10.2. The summed E-state index contributed by atoms with van der Waals surface area (Å²) in [5.41, 5.74) is 0.595. The van der Waals surface area contributed by atoms with Crippen LogP contribution in [0.2, 0.25) is 0 Å². The molecule has 0 saturated heterocycles. The highest BCUT2D eigenvalue weighted by Crippen LogP contribution is 2.25. The van der Waals surface area contributed by atoms with Gasteiger partial charge in [0.1, 0.15) is 16.6 Å².